The van der Waals surface area contributed by atoms with Gasteiger partial charge >= 0.3 is 0 Å². The predicted molar refractivity (Wildman–Crippen MR) is 61.1 cm³/mol. The molecule has 1 fully saturated rings. The first-order valence-electron chi connectivity index (χ1n) is 5.49. The quantitative estimate of drug-likeness (QED) is 0.809. The van der Waals surface area contributed by atoms with Gasteiger partial charge in [-0.15, -0.1) is 0 Å². The van der Waals surface area contributed by atoms with Crippen molar-refractivity contribution in [3.63, 3.8) is 0 Å². The summed E-state index contributed by atoms with van der Waals surface area (Å²) in [6.07, 6.45) is -0.321. The minimum Gasteiger partial charge on any atom is -0.398 e. The van der Waals surface area contributed by atoms with E-state index in [9.17, 15) is 4.39 Å². The third-order valence-electron chi connectivity index (χ3n) is 3.01. The average molecular weight is 233 g/mol. The summed E-state index contributed by atoms with van der Waals surface area (Å²) >= 11 is 0. The molecule has 0 aliphatic heterocycles. The number of aromatic nitrogens is 2. The normalized spacial score (nSPS) is 22.7. The molecule has 3 rings (SSSR count). The Morgan fingerprint density at radius 1 is 1.47 bits per heavy atom. The number of hydrogen-bond donors (Lipinski definition) is 1. The Kier molecular flexibility index (Phi) is 2.14. The molecule has 2 atom stereocenters. The first-order chi connectivity index (χ1) is 8.15. The van der Waals surface area contributed by atoms with E-state index in [4.69, 9.17) is 10.3 Å². The van der Waals surface area contributed by atoms with Gasteiger partial charge in [0.1, 0.15) is 6.17 Å². The molecule has 1 aliphatic carbocycles. The molecule has 1 aromatic heterocycles. The number of halogens is 1. The maximum atomic E-state index is 12.8. The number of nitrogens with two attached hydrogens (primary N) is 1. The fourth-order valence-corrected chi connectivity index (χ4v) is 1.71. The number of benzene rings is 1. The molecule has 88 valence electrons. The summed E-state index contributed by atoms with van der Waals surface area (Å²) in [7, 11) is 0. The summed E-state index contributed by atoms with van der Waals surface area (Å²) in [5, 5.41) is 3.79. The molecule has 2 aromatic rings. The fraction of sp³-hybridized carbons (Fsp3) is 0.333. The van der Waals surface area contributed by atoms with Gasteiger partial charge in [0.05, 0.1) is 5.92 Å². The van der Waals surface area contributed by atoms with Gasteiger partial charge in [-0.05, 0) is 31.0 Å². The lowest BCUT2D eigenvalue weighted by Crippen LogP contribution is -1.90. The lowest BCUT2D eigenvalue weighted by atomic mass is 10.1. The van der Waals surface area contributed by atoms with E-state index < -0.39 is 6.17 Å². The van der Waals surface area contributed by atoms with Crippen LogP contribution in [0, 0.1) is 6.92 Å². The summed E-state index contributed by atoms with van der Waals surface area (Å²) < 4.78 is 18.0. The van der Waals surface area contributed by atoms with Gasteiger partial charge in [-0.25, -0.2) is 4.39 Å². The number of anilines is 1. The smallest absolute Gasteiger partial charge is 0.258 e. The minimum absolute atomic E-state index is 0.185. The Hall–Kier alpha value is -1.91. The van der Waals surface area contributed by atoms with E-state index >= 15 is 0 Å². The lowest BCUT2D eigenvalue weighted by molar-refractivity contribution is 0.415. The molecule has 4 nitrogen and oxygen atoms in total. The number of nitrogens with zero attached hydrogens (tertiary/aromatic N) is 2. The van der Waals surface area contributed by atoms with Crippen LogP contribution in [0.25, 0.3) is 11.5 Å². The largest absolute Gasteiger partial charge is 0.398 e. The second-order valence-corrected chi connectivity index (χ2v) is 4.39. The standard InChI is InChI=1S/C12H12FN3O/c1-6-2-3-7(4-10(6)14)12-15-11(16-17-12)8-5-9(8)13/h2-4,8-9H,5,14H2,1H3/t8-,9-/m0/s1. The van der Waals surface area contributed by atoms with Gasteiger partial charge < -0.3 is 10.3 Å². The van der Waals surface area contributed by atoms with Gasteiger partial charge in [0.2, 0.25) is 0 Å². The highest BCUT2D eigenvalue weighted by Crippen LogP contribution is 2.42. The molecule has 5 heteroatoms. The van der Waals surface area contributed by atoms with Gasteiger partial charge in [-0.3, -0.25) is 0 Å². The summed E-state index contributed by atoms with van der Waals surface area (Å²) in [5.41, 5.74) is 8.25. The van der Waals surface area contributed by atoms with Crippen LogP contribution in [-0.4, -0.2) is 16.3 Å². The zero-order valence-corrected chi connectivity index (χ0v) is 9.35. The predicted octanol–water partition coefficient (Wildman–Crippen LogP) is 2.45. The van der Waals surface area contributed by atoms with Gasteiger partial charge in [-0.2, -0.15) is 4.98 Å². The number of rotatable bonds is 2. The second kappa shape index (κ2) is 3.55. The molecule has 0 unspecified atom stereocenters. The van der Waals surface area contributed by atoms with Crippen LogP contribution in [0.1, 0.15) is 23.7 Å². The van der Waals surface area contributed by atoms with Crippen molar-refractivity contribution in [2.24, 2.45) is 0 Å². The topological polar surface area (TPSA) is 64.9 Å². The van der Waals surface area contributed by atoms with Crippen LogP contribution in [-0.2, 0) is 0 Å². The first-order valence-corrected chi connectivity index (χ1v) is 5.49. The van der Waals surface area contributed by atoms with E-state index in [-0.39, 0.29) is 5.92 Å². The summed E-state index contributed by atoms with van der Waals surface area (Å²) in [5.74, 6) is 0.660. The molecule has 0 saturated heterocycles. The second-order valence-electron chi connectivity index (χ2n) is 4.39. The van der Waals surface area contributed by atoms with Crippen LogP contribution in [0.4, 0.5) is 10.1 Å². The maximum absolute atomic E-state index is 12.8. The third kappa shape index (κ3) is 1.77. The van der Waals surface area contributed by atoms with E-state index in [1.165, 1.54) is 0 Å². The highest BCUT2D eigenvalue weighted by molar-refractivity contribution is 5.62. The zero-order chi connectivity index (χ0) is 12.0. The van der Waals surface area contributed by atoms with Crippen LogP contribution in [0.3, 0.4) is 0 Å². The van der Waals surface area contributed by atoms with Crippen molar-refractivity contribution in [3.8, 4) is 11.5 Å². The molecule has 1 aliphatic rings. The lowest BCUT2D eigenvalue weighted by Gasteiger charge is -2.00. The molecule has 2 N–H and O–H groups in total. The van der Waals surface area contributed by atoms with Crippen molar-refractivity contribution in [1.82, 2.24) is 10.1 Å². The summed E-state index contributed by atoms with van der Waals surface area (Å²) in [6, 6.07) is 5.54. The fourth-order valence-electron chi connectivity index (χ4n) is 1.71. The zero-order valence-electron chi connectivity index (χ0n) is 9.35. The molecule has 0 bridgehead atoms. The molecule has 17 heavy (non-hydrogen) atoms. The van der Waals surface area contributed by atoms with Crippen molar-refractivity contribution in [3.05, 3.63) is 29.6 Å². The van der Waals surface area contributed by atoms with Crippen LogP contribution in [0.5, 0.6) is 0 Å². The van der Waals surface area contributed by atoms with E-state index in [2.05, 4.69) is 10.1 Å². The Labute approximate surface area is 97.6 Å². The van der Waals surface area contributed by atoms with Gasteiger partial charge in [-0.1, -0.05) is 11.2 Å². The van der Waals surface area contributed by atoms with Gasteiger partial charge in [0.15, 0.2) is 5.82 Å². The maximum Gasteiger partial charge on any atom is 0.258 e. The van der Waals surface area contributed by atoms with E-state index in [1.54, 1.807) is 6.07 Å². The van der Waals surface area contributed by atoms with E-state index in [1.807, 2.05) is 19.1 Å². The van der Waals surface area contributed by atoms with Crippen LogP contribution < -0.4 is 5.73 Å². The number of hydrogen-bond acceptors (Lipinski definition) is 4. The molecule has 0 radical (unpaired) electrons. The van der Waals surface area contributed by atoms with Crippen molar-refractivity contribution >= 4 is 5.69 Å². The molecule has 1 saturated carbocycles. The Balaban J connectivity index is 1.92. The number of aryl methyl sites for hydroxylation is 1. The molecule has 0 spiro atoms. The molecular weight excluding hydrogens is 221 g/mol. The summed E-state index contributed by atoms with van der Waals surface area (Å²) in [4.78, 5) is 4.19. The van der Waals surface area contributed by atoms with Gasteiger partial charge in [0, 0.05) is 11.3 Å². The molecule has 0 amide bonds. The van der Waals surface area contributed by atoms with Crippen molar-refractivity contribution in [2.75, 3.05) is 5.73 Å². The average Bonchev–Trinajstić information content (AvgIpc) is 2.86. The van der Waals surface area contributed by atoms with Crippen molar-refractivity contribution < 1.29 is 8.91 Å². The highest BCUT2D eigenvalue weighted by Gasteiger charge is 2.42. The van der Waals surface area contributed by atoms with Crippen LogP contribution >= 0.6 is 0 Å². The first kappa shape index (κ1) is 10.3. The molecule has 1 heterocycles. The Morgan fingerprint density at radius 3 is 2.88 bits per heavy atom. The van der Waals surface area contributed by atoms with Crippen molar-refractivity contribution in [1.29, 1.82) is 0 Å². The SMILES string of the molecule is Cc1ccc(-c2nc([C@H]3C[C@@H]3F)no2)cc1N. The Bertz CT molecular complexity index is 567. The highest BCUT2D eigenvalue weighted by atomic mass is 19.1. The molecular formula is C12H12FN3O. The van der Waals surface area contributed by atoms with E-state index in [0.717, 1.165) is 11.1 Å². The van der Waals surface area contributed by atoms with Crippen molar-refractivity contribution in [2.45, 2.75) is 25.4 Å². The van der Waals surface area contributed by atoms with Crippen LogP contribution in [0.2, 0.25) is 0 Å². The minimum atomic E-state index is -0.816. The number of alkyl halides is 1. The van der Waals surface area contributed by atoms with E-state index in [0.29, 0.717) is 23.8 Å². The Morgan fingerprint density at radius 2 is 2.24 bits per heavy atom. The molecule has 1 aromatic carbocycles. The monoisotopic (exact) mass is 233 g/mol. The van der Waals surface area contributed by atoms with Crippen LogP contribution in [0.15, 0.2) is 22.7 Å². The number of nitrogen functional groups attached to an aromatic ring is 1. The van der Waals surface area contributed by atoms with Gasteiger partial charge in [0.25, 0.3) is 5.89 Å². The summed E-state index contributed by atoms with van der Waals surface area (Å²) in [6.45, 7) is 1.93. The third-order valence-corrected chi connectivity index (χ3v) is 3.01.